The van der Waals surface area contributed by atoms with E-state index in [2.05, 4.69) is 10.1 Å². The Balaban J connectivity index is 2.15. The molecule has 1 aromatic heterocycles. The van der Waals surface area contributed by atoms with Crippen molar-refractivity contribution >= 4 is 5.91 Å². The molecule has 2 heterocycles. The van der Waals surface area contributed by atoms with Gasteiger partial charge < -0.3 is 18.9 Å². The summed E-state index contributed by atoms with van der Waals surface area (Å²) in [6.07, 6.45) is -0.498. The summed E-state index contributed by atoms with van der Waals surface area (Å²) in [6.45, 7) is -0.362. The van der Waals surface area contributed by atoms with Gasteiger partial charge in [-0.05, 0) is 0 Å². The minimum absolute atomic E-state index is 0.00462. The Kier molecular flexibility index (Phi) is 4.84. The van der Waals surface area contributed by atoms with E-state index in [1.807, 2.05) is 0 Å². The number of likely N-dealkylation sites (tertiary alicyclic amines) is 1. The van der Waals surface area contributed by atoms with E-state index in [9.17, 15) is 13.6 Å². The van der Waals surface area contributed by atoms with Crippen molar-refractivity contribution in [1.29, 1.82) is 0 Å². The van der Waals surface area contributed by atoms with E-state index in [4.69, 9.17) is 14.0 Å². The van der Waals surface area contributed by atoms with E-state index in [1.165, 1.54) is 14.2 Å². The van der Waals surface area contributed by atoms with Gasteiger partial charge in [0, 0.05) is 20.6 Å². The monoisotopic (exact) mass is 305 g/mol. The number of nitrogens with zero attached hydrogens (tertiary/aromatic N) is 3. The quantitative estimate of drug-likeness (QED) is 0.785. The van der Waals surface area contributed by atoms with Crippen LogP contribution in [0.25, 0.3) is 0 Å². The van der Waals surface area contributed by atoms with Gasteiger partial charge in [-0.15, -0.1) is 0 Å². The van der Waals surface area contributed by atoms with Crippen molar-refractivity contribution in [2.75, 3.05) is 27.4 Å². The van der Waals surface area contributed by atoms with Gasteiger partial charge in [-0.1, -0.05) is 5.16 Å². The number of hydrogen-bond donors (Lipinski definition) is 0. The third-order valence-electron chi connectivity index (χ3n) is 3.15. The third-order valence-corrected chi connectivity index (χ3v) is 3.15. The maximum atomic E-state index is 13.6. The average Bonchev–Trinajstić information content (AvgIpc) is 3.00. The number of carbonyl (C=O) groups is 1. The number of aromatic nitrogens is 2. The van der Waals surface area contributed by atoms with Crippen molar-refractivity contribution in [3.8, 4) is 0 Å². The average molecular weight is 305 g/mol. The highest BCUT2D eigenvalue weighted by Gasteiger charge is 2.49. The Hall–Kier alpha value is -1.61. The van der Waals surface area contributed by atoms with Gasteiger partial charge >= 0.3 is 0 Å². The lowest BCUT2D eigenvalue weighted by molar-refractivity contribution is -0.134. The molecule has 1 aliphatic rings. The van der Waals surface area contributed by atoms with E-state index in [-0.39, 0.29) is 31.3 Å². The number of hydrogen-bond acceptors (Lipinski definition) is 6. The zero-order valence-corrected chi connectivity index (χ0v) is 11.8. The molecule has 118 valence electrons. The normalized spacial score (nSPS) is 21.0. The largest absolute Gasteiger partial charge is 0.384 e. The van der Waals surface area contributed by atoms with Crippen molar-refractivity contribution in [3.63, 3.8) is 0 Å². The molecule has 0 bridgehead atoms. The van der Waals surface area contributed by atoms with Crippen molar-refractivity contribution in [1.82, 2.24) is 15.0 Å². The van der Waals surface area contributed by atoms with Crippen LogP contribution in [0.5, 0.6) is 0 Å². The molecule has 1 saturated heterocycles. The standard InChI is InChI=1S/C12H17F2N3O4/c1-19-4-3-10(18)17-7-12(13,14)5-8(17)11-15-9(6-20-2)16-21-11/h8H,3-7H2,1-2H3/t8-/m0/s1. The van der Waals surface area contributed by atoms with Crippen LogP contribution < -0.4 is 0 Å². The Morgan fingerprint density at radius 3 is 2.90 bits per heavy atom. The second-order valence-corrected chi connectivity index (χ2v) is 4.82. The van der Waals surface area contributed by atoms with E-state index in [1.54, 1.807) is 0 Å². The lowest BCUT2D eigenvalue weighted by Crippen LogP contribution is -2.33. The smallest absolute Gasteiger partial charge is 0.267 e. The molecule has 1 atom stereocenters. The highest BCUT2D eigenvalue weighted by Crippen LogP contribution is 2.40. The molecule has 1 aromatic rings. The number of methoxy groups -OCH3 is 2. The van der Waals surface area contributed by atoms with Crippen LogP contribution in [0.2, 0.25) is 0 Å². The van der Waals surface area contributed by atoms with Crippen LogP contribution in [0.3, 0.4) is 0 Å². The van der Waals surface area contributed by atoms with Crippen molar-refractivity contribution < 1.29 is 27.6 Å². The van der Waals surface area contributed by atoms with Crippen LogP contribution >= 0.6 is 0 Å². The molecule has 1 amide bonds. The zero-order valence-electron chi connectivity index (χ0n) is 11.8. The topological polar surface area (TPSA) is 77.7 Å². The molecule has 21 heavy (non-hydrogen) atoms. The first kappa shape index (κ1) is 15.8. The molecule has 7 nitrogen and oxygen atoms in total. The summed E-state index contributed by atoms with van der Waals surface area (Å²) in [5.41, 5.74) is 0. The van der Waals surface area contributed by atoms with Gasteiger partial charge in [-0.2, -0.15) is 4.98 Å². The predicted octanol–water partition coefficient (Wildman–Crippen LogP) is 1.16. The SMILES string of the molecule is COCCC(=O)N1CC(F)(F)C[C@H]1c1nc(COC)no1. The fourth-order valence-electron chi connectivity index (χ4n) is 2.22. The second kappa shape index (κ2) is 6.44. The Labute approximate surface area is 120 Å². The van der Waals surface area contributed by atoms with Crippen LogP contribution in [-0.4, -0.2) is 54.2 Å². The van der Waals surface area contributed by atoms with Crippen LogP contribution in [0.1, 0.15) is 30.6 Å². The Bertz CT molecular complexity index is 495. The maximum absolute atomic E-state index is 13.6. The first-order valence-corrected chi connectivity index (χ1v) is 6.44. The summed E-state index contributed by atoms with van der Waals surface area (Å²) in [7, 11) is 2.90. The molecule has 0 spiro atoms. The van der Waals surface area contributed by atoms with Gasteiger partial charge in [0.05, 0.1) is 19.6 Å². The van der Waals surface area contributed by atoms with Crippen molar-refractivity contribution in [2.24, 2.45) is 0 Å². The molecule has 1 aliphatic heterocycles. The van der Waals surface area contributed by atoms with Gasteiger partial charge in [0.15, 0.2) is 5.82 Å². The van der Waals surface area contributed by atoms with E-state index in [0.717, 1.165) is 4.90 Å². The van der Waals surface area contributed by atoms with E-state index >= 15 is 0 Å². The first-order chi connectivity index (χ1) is 9.96. The molecule has 2 rings (SSSR count). The molecule has 0 N–H and O–H groups in total. The highest BCUT2D eigenvalue weighted by molar-refractivity contribution is 5.77. The van der Waals surface area contributed by atoms with E-state index < -0.39 is 30.8 Å². The van der Waals surface area contributed by atoms with E-state index in [0.29, 0.717) is 0 Å². The lowest BCUT2D eigenvalue weighted by atomic mass is 10.2. The first-order valence-electron chi connectivity index (χ1n) is 6.44. The molecule has 0 saturated carbocycles. The fourth-order valence-corrected chi connectivity index (χ4v) is 2.22. The minimum atomic E-state index is -2.97. The molecular formula is C12H17F2N3O4. The number of ether oxygens (including phenoxy) is 2. The Morgan fingerprint density at radius 2 is 2.24 bits per heavy atom. The highest BCUT2D eigenvalue weighted by atomic mass is 19.3. The third kappa shape index (κ3) is 3.73. The van der Waals surface area contributed by atoms with Gasteiger partial charge in [0.2, 0.25) is 11.8 Å². The summed E-state index contributed by atoms with van der Waals surface area (Å²) in [6, 6.07) is -0.914. The van der Waals surface area contributed by atoms with Crippen LogP contribution in [-0.2, 0) is 20.9 Å². The number of carbonyl (C=O) groups excluding carboxylic acids is 1. The van der Waals surface area contributed by atoms with Crippen LogP contribution in [0.4, 0.5) is 8.78 Å². The Morgan fingerprint density at radius 1 is 1.48 bits per heavy atom. The molecule has 0 aliphatic carbocycles. The molecule has 0 unspecified atom stereocenters. The van der Waals surface area contributed by atoms with Gasteiger partial charge in [-0.25, -0.2) is 8.78 Å². The van der Waals surface area contributed by atoms with Gasteiger partial charge in [0.25, 0.3) is 5.92 Å². The molecule has 0 radical (unpaired) electrons. The minimum Gasteiger partial charge on any atom is -0.384 e. The second-order valence-electron chi connectivity index (χ2n) is 4.82. The van der Waals surface area contributed by atoms with Crippen LogP contribution in [0, 0.1) is 0 Å². The zero-order chi connectivity index (χ0) is 15.5. The lowest BCUT2D eigenvalue weighted by Gasteiger charge is -2.20. The maximum Gasteiger partial charge on any atom is 0.267 e. The summed E-state index contributed by atoms with van der Waals surface area (Å²) < 4.78 is 41.9. The van der Waals surface area contributed by atoms with Gasteiger partial charge in [0.1, 0.15) is 12.6 Å². The number of halogens is 2. The summed E-state index contributed by atoms with van der Waals surface area (Å²) in [4.78, 5) is 17.1. The fraction of sp³-hybridized carbons (Fsp3) is 0.750. The van der Waals surface area contributed by atoms with Gasteiger partial charge in [-0.3, -0.25) is 4.79 Å². The number of alkyl halides is 2. The molecule has 9 heteroatoms. The van der Waals surface area contributed by atoms with Crippen molar-refractivity contribution in [2.45, 2.75) is 31.4 Å². The van der Waals surface area contributed by atoms with Crippen LogP contribution in [0.15, 0.2) is 4.52 Å². The number of amides is 1. The van der Waals surface area contributed by atoms with Crippen molar-refractivity contribution in [3.05, 3.63) is 11.7 Å². The predicted molar refractivity (Wildman–Crippen MR) is 65.5 cm³/mol. The number of rotatable bonds is 6. The molecule has 0 aromatic carbocycles. The summed E-state index contributed by atoms with van der Waals surface area (Å²) in [5, 5.41) is 3.64. The summed E-state index contributed by atoms with van der Waals surface area (Å²) >= 11 is 0. The summed E-state index contributed by atoms with van der Waals surface area (Å²) in [5.74, 6) is -3.13. The molecule has 1 fully saturated rings. The molecular weight excluding hydrogens is 288 g/mol.